The first-order valence-corrected chi connectivity index (χ1v) is 6.46. The van der Waals surface area contributed by atoms with Crippen LogP contribution in [0.15, 0.2) is 24.3 Å². The standard InChI is InChI=1S/C14H18N4/c1-9(2)13-16-14(18-17-13)12-7-10-5-3-4-6-11(10)8-15-12/h3-6,9,12,15H,7-8H2,1-2H3,(H,16,17,18)/t12-/m0/s1. The van der Waals surface area contributed by atoms with Crippen molar-refractivity contribution in [2.75, 3.05) is 0 Å². The van der Waals surface area contributed by atoms with Crippen molar-refractivity contribution >= 4 is 0 Å². The van der Waals surface area contributed by atoms with E-state index >= 15 is 0 Å². The van der Waals surface area contributed by atoms with Gasteiger partial charge >= 0.3 is 0 Å². The second kappa shape index (κ2) is 4.53. The molecule has 3 rings (SSSR count). The van der Waals surface area contributed by atoms with Gasteiger partial charge in [-0.05, 0) is 17.5 Å². The van der Waals surface area contributed by atoms with E-state index in [1.54, 1.807) is 0 Å². The molecule has 0 unspecified atom stereocenters. The van der Waals surface area contributed by atoms with Crippen molar-refractivity contribution in [1.29, 1.82) is 0 Å². The van der Waals surface area contributed by atoms with Gasteiger partial charge in [-0.1, -0.05) is 38.1 Å². The fourth-order valence-electron chi connectivity index (χ4n) is 2.35. The summed E-state index contributed by atoms with van der Waals surface area (Å²) in [4.78, 5) is 4.58. The molecule has 0 spiro atoms. The molecular formula is C14H18N4. The first-order valence-electron chi connectivity index (χ1n) is 6.46. The zero-order chi connectivity index (χ0) is 12.5. The highest BCUT2D eigenvalue weighted by Crippen LogP contribution is 2.24. The van der Waals surface area contributed by atoms with Crippen molar-refractivity contribution in [1.82, 2.24) is 20.5 Å². The molecule has 0 amide bonds. The van der Waals surface area contributed by atoms with Crippen LogP contribution in [0.25, 0.3) is 0 Å². The number of fused-ring (bicyclic) bond motifs is 1. The smallest absolute Gasteiger partial charge is 0.153 e. The molecule has 0 aliphatic carbocycles. The van der Waals surface area contributed by atoms with E-state index in [-0.39, 0.29) is 6.04 Å². The number of nitrogens with zero attached hydrogens (tertiary/aromatic N) is 2. The van der Waals surface area contributed by atoms with Crippen molar-refractivity contribution < 1.29 is 0 Å². The molecule has 1 atom stereocenters. The van der Waals surface area contributed by atoms with Crippen molar-refractivity contribution in [3.05, 3.63) is 47.0 Å². The monoisotopic (exact) mass is 242 g/mol. The van der Waals surface area contributed by atoms with Gasteiger partial charge in [-0.25, -0.2) is 4.98 Å². The van der Waals surface area contributed by atoms with Gasteiger partial charge in [0.25, 0.3) is 0 Å². The molecule has 0 bridgehead atoms. The van der Waals surface area contributed by atoms with Gasteiger partial charge in [-0.2, -0.15) is 5.10 Å². The Morgan fingerprint density at radius 3 is 2.72 bits per heavy atom. The van der Waals surface area contributed by atoms with Gasteiger partial charge in [0.2, 0.25) is 0 Å². The van der Waals surface area contributed by atoms with Crippen LogP contribution in [0.5, 0.6) is 0 Å². The van der Waals surface area contributed by atoms with E-state index in [2.05, 4.69) is 58.6 Å². The Bertz CT molecular complexity index is 544. The lowest BCUT2D eigenvalue weighted by molar-refractivity contribution is 0.477. The van der Waals surface area contributed by atoms with E-state index in [1.807, 2.05) is 0 Å². The minimum absolute atomic E-state index is 0.250. The van der Waals surface area contributed by atoms with E-state index in [0.29, 0.717) is 5.92 Å². The van der Waals surface area contributed by atoms with E-state index in [4.69, 9.17) is 0 Å². The van der Waals surface area contributed by atoms with Gasteiger partial charge in [0.05, 0.1) is 6.04 Å². The maximum atomic E-state index is 4.58. The number of H-pyrrole nitrogens is 1. The molecule has 0 fully saturated rings. The number of aromatic amines is 1. The van der Waals surface area contributed by atoms with Crippen LogP contribution in [0, 0.1) is 0 Å². The molecule has 18 heavy (non-hydrogen) atoms. The first-order chi connectivity index (χ1) is 8.74. The summed E-state index contributed by atoms with van der Waals surface area (Å²) in [5.74, 6) is 2.21. The van der Waals surface area contributed by atoms with Crippen LogP contribution in [0.3, 0.4) is 0 Å². The zero-order valence-electron chi connectivity index (χ0n) is 10.8. The molecule has 2 N–H and O–H groups in total. The van der Waals surface area contributed by atoms with Crippen LogP contribution in [0.4, 0.5) is 0 Å². The maximum Gasteiger partial charge on any atom is 0.153 e. The Labute approximate surface area is 107 Å². The average Bonchev–Trinajstić information content (AvgIpc) is 2.88. The number of aromatic nitrogens is 3. The molecule has 0 saturated heterocycles. The summed E-state index contributed by atoms with van der Waals surface area (Å²) in [7, 11) is 0. The summed E-state index contributed by atoms with van der Waals surface area (Å²) >= 11 is 0. The van der Waals surface area contributed by atoms with Gasteiger partial charge in [-0.3, -0.25) is 5.10 Å². The fraction of sp³-hybridized carbons (Fsp3) is 0.429. The normalized spacial score (nSPS) is 18.9. The average molecular weight is 242 g/mol. The molecule has 0 radical (unpaired) electrons. The number of rotatable bonds is 2. The molecule has 1 aromatic heterocycles. The van der Waals surface area contributed by atoms with Crippen molar-refractivity contribution in [2.45, 2.75) is 38.8 Å². The molecule has 1 aromatic carbocycles. The lowest BCUT2D eigenvalue weighted by Crippen LogP contribution is -2.29. The Hall–Kier alpha value is -1.68. The highest BCUT2D eigenvalue weighted by atomic mass is 15.2. The van der Waals surface area contributed by atoms with Gasteiger partial charge in [0.1, 0.15) is 5.82 Å². The predicted molar refractivity (Wildman–Crippen MR) is 70.2 cm³/mol. The molecule has 4 heteroatoms. The second-order valence-electron chi connectivity index (χ2n) is 5.14. The topological polar surface area (TPSA) is 53.6 Å². The fourth-order valence-corrected chi connectivity index (χ4v) is 2.35. The zero-order valence-corrected chi connectivity index (χ0v) is 10.8. The predicted octanol–water partition coefficient (Wildman–Crippen LogP) is 2.32. The van der Waals surface area contributed by atoms with Gasteiger partial charge in [-0.15, -0.1) is 0 Å². The Morgan fingerprint density at radius 2 is 2.00 bits per heavy atom. The lowest BCUT2D eigenvalue weighted by Gasteiger charge is -2.24. The van der Waals surface area contributed by atoms with Crippen molar-refractivity contribution in [3.63, 3.8) is 0 Å². The SMILES string of the molecule is CC(C)c1n[nH]c([C@@H]2Cc3ccccc3CN2)n1. The highest BCUT2D eigenvalue weighted by molar-refractivity contribution is 5.30. The van der Waals surface area contributed by atoms with Gasteiger partial charge in [0.15, 0.2) is 5.82 Å². The Balaban J connectivity index is 1.83. The number of nitrogens with one attached hydrogen (secondary N) is 2. The van der Waals surface area contributed by atoms with Crippen LogP contribution in [0.2, 0.25) is 0 Å². The van der Waals surface area contributed by atoms with Crippen LogP contribution >= 0.6 is 0 Å². The van der Waals surface area contributed by atoms with E-state index in [9.17, 15) is 0 Å². The third kappa shape index (κ3) is 2.04. The molecule has 4 nitrogen and oxygen atoms in total. The number of hydrogen-bond acceptors (Lipinski definition) is 3. The van der Waals surface area contributed by atoms with Crippen molar-refractivity contribution in [2.24, 2.45) is 0 Å². The summed E-state index contributed by atoms with van der Waals surface area (Å²) in [6, 6.07) is 8.81. The lowest BCUT2D eigenvalue weighted by atomic mass is 9.95. The number of hydrogen-bond donors (Lipinski definition) is 2. The largest absolute Gasteiger partial charge is 0.303 e. The molecule has 94 valence electrons. The quantitative estimate of drug-likeness (QED) is 0.849. The number of benzene rings is 1. The minimum atomic E-state index is 0.250. The van der Waals surface area contributed by atoms with Crippen LogP contribution in [0.1, 0.15) is 48.6 Å². The third-order valence-electron chi connectivity index (χ3n) is 3.45. The second-order valence-corrected chi connectivity index (χ2v) is 5.14. The molecule has 1 aliphatic rings. The molecular weight excluding hydrogens is 224 g/mol. The molecule has 2 aromatic rings. The summed E-state index contributed by atoms with van der Waals surface area (Å²) in [6.45, 7) is 5.12. The Morgan fingerprint density at radius 1 is 1.22 bits per heavy atom. The summed E-state index contributed by atoms with van der Waals surface area (Å²) in [6.07, 6.45) is 0.975. The minimum Gasteiger partial charge on any atom is -0.303 e. The highest BCUT2D eigenvalue weighted by Gasteiger charge is 2.22. The summed E-state index contributed by atoms with van der Waals surface area (Å²) in [5, 5.41) is 10.8. The van der Waals surface area contributed by atoms with E-state index in [1.165, 1.54) is 11.1 Å². The van der Waals surface area contributed by atoms with Crippen molar-refractivity contribution in [3.8, 4) is 0 Å². The van der Waals surface area contributed by atoms with E-state index in [0.717, 1.165) is 24.6 Å². The summed E-state index contributed by atoms with van der Waals surface area (Å²) < 4.78 is 0. The van der Waals surface area contributed by atoms with Crippen LogP contribution in [-0.4, -0.2) is 15.2 Å². The molecule has 2 heterocycles. The van der Waals surface area contributed by atoms with Crippen LogP contribution < -0.4 is 5.32 Å². The Kier molecular flexibility index (Phi) is 2.88. The maximum absolute atomic E-state index is 4.58. The van der Waals surface area contributed by atoms with E-state index < -0.39 is 0 Å². The first kappa shape index (κ1) is 11.4. The summed E-state index contributed by atoms with van der Waals surface area (Å²) in [5.41, 5.74) is 2.79. The molecule has 0 saturated carbocycles. The van der Waals surface area contributed by atoms with Gasteiger partial charge in [0, 0.05) is 12.5 Å². The third-order valence-corrected chi connectivity index (χ3v) is 3.45. The van der Waals surface area contributed by atoms with Gasteiger partial charge < -0.3 is 5.32 Å². The molecule has 1 aliphatic heterocycles. The van der Waals surface area contributed by atoms with Crippen LogP contribution in [-0.2, 0) is 13.0 Å².